The fourth-order valence-corrected chi connectivity index (χ4v) is 2.45. The maximum absolute atomic E-state index is 11.6. The molecule has 0 aliphatic rings. The Morgan fingerprint density at radius 2 is 1.86 bits per heavy atom. The monoisotopic (exact) mass is 395 g/mol. The van der Waals surface area contributed by atoms with E-state index in [0.717, 1.165) is 11.3 Å². The van der Waals surface area contributed by atoms with Crippen LogP contribution in [0.2, 0.25) is 0 Å². The lowest BCUT2D eigenvalue weighted by Gasteiger charge is -2.18. The van der Waals surface area contributed by atoms with Crippen molar-refractivity contribution in [3.63, 3.8) is 0 Å². The first kappa shape index (κ1) is 15.8. The molecule has 2 aromatic carbocycles. The molecule has 2 rings (SSSR count). The van der Waals surface area contributed by atoms with Crippen LogP contribution in [0.4, 0.5) is 5.69 Å². The SMILES string of the molecule is COC(=O)c1ccc(C)c(NC(C)c2ccc(I)cc2)c1. The molecule has 0 amide bonds. The third-order valence-corrected chi connectivity index (χ3v) is 4.12. The molecule has 1 N–H and O–H groups in total. The van der Waals surface area contributed by atoms with Crippen LogP contribution in [-0.2, 0) is 4.74 Å². The molecule has 2 aromatic rings. The van der Waals surface area contributed by atoms with Gasteiger partial charge < -0.3 is 10.1 Å². The molecule has 0 aromatic heterocycles. The summed E-state index contributed by atoms with van der Waals surface area (Å²) in [6.07, 6.45) is 0. The van der Waals surface area contributed by atoms with Crippen molar-refractivity contribution in [2.75, 3.05) is 12.4 Å². The lowest BCUT2D eigenvalue weighted by Crippen LogP contribution is -2.09. The molecule has 1 atom stereocenters. The second-order valence-electron chi connectivity index (χ2n) is 4.94. The van der Waals surface area contributed by atoms with Crippen molar-refractivity contribution in [3.8, 4) is 0 Å². The highest BCUT2D eigenvalue weighted by Crippen LogP contribution is 2.24. The molecule has 3 nitrogen and oxygen atoms in total. The van der Waals surface area contributed by atoms with E-state index in [-0.39, 0.29) is 12.0 Å². The highest BCUT2D eigenvalue weighted by molar-refractivity contribution is 14.1. The average molecular weight is 395 g/mol. The lowest BCUT2D eigenvalue weighted by molar-refractivity contribution is 0.0601. The quantitative estimate of drug-likeness (QED) is 0.610. The van der Waals surface area contributed by atoms with E-state index in [0.29, 0.717) is 5.56 Å². The predicted octanol–water partition coefficient (Wildman–Crippen LogP) is 4.56. The van der Waals surface area contributed by atoms with E-state index in [1.54, 1.807) is 6.07 Å². The number of rotatable bonds is 4. The highest BCUT2D eigenvalue weighted by Gasteiger charge is 2.11. The summed E-state index contributed by atoms with van der Waals surface area (Å²) < 4.78 is 5.98. The number of esters is 1. The molecule has 0 aliphatic heterocycles. The number of hydrogen-bond donors (Lipinski definition) is 1. The minimum absolute atomic E-state index is 0.161. The van der Waals surface area contributed by atoms with Gasteiger partial charge in [0.1, 0.15) is 0 Å². The molecule has 0 bridgehead atoms. The van der Waals surface area contributed by atoms with Crippen LogP contribution in [0.1, 0.15) is 34.5 Å². The maximum atomic E-state index is 11.6. The van der Waals surface area contributed by atoms with Gasteiger partial charge in [0.05, 0.1) is 12.7 Å². The van der Waals surface area contributed by atoms with Crippen LogP contribution in [-0.4, -0.2) is 13.1 Å². The van der Waals surface area contributed by atoms with E-state index in [4.69, 9.17) is 4.74 Å². The van der Waals surface area contributed by atoms with Crippen molar-refractivity contribution in [3.05, 3.63) is 62.7 Å². The first-order chi connectivity index (χ1) is 10.0. The van der Waals surface area contributed by atoms with Gasteiger partial charge in [0.25, 0.3) is 0 Å². The van der Waals surface area contributed by atoms with Crippen LogP contribution < -0.4 is 5.32 Å². The first-order valence-electron chi connectivity index (χ1n) is 6.72. The molecule has 110 valence electrons. The third-order valence-electron chi connectivity index (χ3n) is 3.40. The van der Waals surface area contributed by atoms with Crippen LogP contribution in [0.3, 0.4) is 0 Å². The summed E-state index contributed by atoms with van der Waals surface area (Å²) in [4.78, 5) is 11.6. The van der Waals surface area contributed by atoms with Gasteiger partial charge in [0.15, 0.2) is 0 Å². The normalized spacial score (nSPS) is 11.8. The Morgan fingerprint density at radius 1 is 1.19 bits per heavy atom. The second-order valence-corrected chi connectivity index (χ2v) is 6.18. The number of halogens is 1. The number of ether oxygens (including phenoxy) is 1. The number of carbonyl (C=O) groups excluding carboxylic acids is 1. The van der Waals surface area contributed by atoms with Gasteiger partial charge in [-0.25, -0.2) is 4.79 Å². The molecule has 0 saturated carbocycles. The van der Waals surface area contributed by atoms with Crippen molar-refractivity contribution in [1.29, 1.82) is 0 Å². The molecule has 0 fully saturated rings. The van der Waals surface area contributed by atoms with Crippen LogP contribution >= 0.6 is 22.6 Å². The Morgan fingerprint density at radius 3 is 2.48 bits per heavy atom. The summed E-state index contributed by atoms with van der Waals surface area (Å²) >= 11 is 2.29. The van der Waals surface area contributed by atoms with E-state index in [1.807, 2.05) is 19.1 Å². The van der Waals surface area contributed by atoms with Crippen molar-refractivity contribution in [1.82, 2.24) is 0 Å². The highest BCUT2D eigenvalue weighted by atomic mass is 127. The summed E-state index contributed by atoms with van der Waals surface area (Å²) in [5, 5.41) is 3.46. The average Bonchev–Trinajstić information content (AvgIpc) is 2.49. The molecule has 0 heterocycles. The first-order valence-corrected chi connectivity index (χ1v) is 7.80. The number of carbonyl (C=O) groups is 1. The van der Waals surface area contributed by atoms with Crippen molar-refractivity contribution in [2.45, 2.75) is 19.9 Å². The van der Waals surface area contributed by atoms with Crippen LogP contribution in [0.5, 0.6) is 0 Å². The molecule has 0 spiro atoms. The standard InChI is InChI=1S/C17H18INO2/c1-11-4-5-14(17(20)21-3)10-16(11)19-12(2)13-6-8-15(18)9-7-13/h4-10,12,19H,1-3H3. The molecule has 0 aliphatic carbocycles. The Kier molecular flexibility index (Phi) is 5.22. The largest absolute Gasteiger partial charge is 0.465 e. The predicted molar refractivity (Wildman–Crippen MR) is 93.7 cm³/mol. The number of aryl methyl sites for hydroxylation is 1. The minimum Gasteiger partial charge on any atom is -0.465 e. The Balaban J connectivity index is 2.22. The van der Waals surface area contributed by atoms with Gasteiger partial charge in [-0.3, -0.25) is 0 Å². The van der Waals surface area contributed by atoms with E-state index >= 15 is 0 Å². The van der Waals surface area contributed by atoms with E-state index in [9.17, 15) is 4.79 Å². The zero-order valence-corrected chi connectivity index (χ0v) is 14.5. The van der Waals surface area contributed by atoms with Crippen molar-refractivity contribution in [2.24, 2.45) is 0 Å². The molecular weight excluding hydrogens is 377 g/mol. The minimum atomic E-state index is -0.319. The van der Waals surface area contributed by atoms with Gasteiger partial charge in [0.2, 0.25) is 0 Å². The molecule has 0 radical (unpaired) electrons. The molecule has 1 unspecified atom stereocenters. The third kappa shape index (κ3) is 3.97. The number of anilines is 1. The number of methoxy groups -OCH3 is 1. The number of nitrogens with one attached hydrogen (secondary N) is 1. The van der Waals surface area contributed by atoms with Crippen LogP contribution in [0.15, 0.2) is 42.5 Å². The van der Waals surface area contributed by atoms with Gasteiger partial charge >= 0.3 is 5.97 Å². The fraction of sp³-hybridized carbons (Fsp3) is 0.235. The lowest BCUT2D eigenvalue weighted by atomic mass is 10.1. The van der Waals surface area contributed by atoms with Gasteiger partial charge in [0, 0.05) is 15.3 Å². The van der Waals surface area contributed by atoms with E-state index in [2.05, 4.69) is 59.1 Å². The van der Waals surface area contributed by atoms with Gasteiger partial charge in [-0.1, -0.05) is 18.2 Å². The van der Waals surface area contributed by atoms with Gasteiger partial charge in [-0.05, 0) is 71.8 Å². The van der Waals surface area contributed by atoms with Gasteiger partial charge in [-0.15, -0.1) is 0 Å². The van der Waals surface area contributed by atoms with Crippen molar-refractivity contribution >= 4 is 34.2 Å². The Hall–Kier alpha value is -1.56. The Bertz CT molecular complexity index is 638. The topological polar surface area (TPSA) is 38.3 Å². The summed E-state index contributed by atoms with van der Waals surface area (Å²) in [7, 11) is 1.39. The molecule has 21 heavy (non-hydrogen) atoms. The molecule has 0 saturated heterocycles. The Labute approximate surface area is 138 Å². The summed E-state index contributed by atoms with van der Waals surface area (Å²) in [5.41, 5.74) is 3.81. The van der Waals surface area contributed by atoms with E-state index < -0.39 is 0 Å². The zero-order chi connectivity index (χ0) is 15.4. The summed E-state index contributed by atoms with van der Waals surface area (Å²) in [6.45, 7) is 4.12. The second kappa shape index (κ2) is 6.93. The van der Waals surface area contributed by atoms with Crippen molar-refractivity contribution < 1.29 is 9.53 Å². The smallest absolute Gasteiger partial charge is 0.337 e. The zero-order valence-electron chi connectivity index (χ0n) is 12.3. The number of hydrogen-bond acceptors (Lipinski definition) is 3. The van der Waals surface area contributed by atoms with Crippen LogP contribution in [0, 0.1) is 10.5 Å². The van der Waals surface area contributed by atoms with Crippen LogP contribution in [0.25, 0.3) is 0 Å². The number of benzene rings is 2. The van der Waals surface area contributed by atoms with Gasteiger partial charge in [-0.2, -0.15) is 0 Å². The maximum Gasteiger partial charge on any atom is 0.337 e. The molecular formula is C17H18INO2. The molecule has 4 heteroatoms. The summed E-state index contributed by atoms with van der Waals surface area (Å²) in [6, 6.07) is 14.1. The fourth-order valence-electron chi connectivity index (χ4n) is 2.09. The van der Waals surface area contributed by atoms with E-state index in [1.165, 1.54) is 16.2 Å². The summed E-state index contributed by atoms with van der Waals surface area (Å²) in [5.74, 6) is -0.319.